The smallest absolute Gasteiger partial charge is 0.327 e. The molecule has 1 unspecified atom stereocenters. The summed E-state index contributed by atoms with van der Waals surface area (Å²) in [6.45, 7) is 0. The lowest BCUT2D eigenvalue weighted by Gasteiger charge is -2.07. The number of benzene rings is 3. The second kappa shape index (κ2) is 9.16. The lowest BCUT2D eigenvalue weighted by Crippen LogP contribution is -2.04. The van der Waals surface area contributed by atoms with E-state index in [4.69, 9.17) is 19.2 Å². The molecule has 4 rings (SSSR count). The molecule has 0 spiro atoms. The lowest BCUT2D eigenvalue weighted by molar-refractivity contribution is 0.413. The zero-order valence-electron chi connectivity index (χ0n) is 17.4. The summed E-state index contributed by atoms with van der Waals surface area (Å²) in [5, 5.41) is 0.366. The van der Waals surface area contributed by atoms with Crippen LogP contribution in [0, 0.1) is 0 Å². The quantitative estimate of drug-likeness (QED) is 0.417. The fraction of sp³-hybridized carbons (Fsp3) is 0.125. The number of H-pyrrole nitrogens is 1. The highest BCUT2D eigenvalue weighted by Crippen LogP contribution is 2.34. The van der Waals surface area contributed by atoms with Gasteiger partial charge in [-0.3, -0.25) is 4.98 Å². The average Bonchev–Trinajstić information content (AvgIpc) is 3.29. The molecule has 0 aliphatic carbocycles. The molecule has 6 nitrogen and oxygen atoms in total. The van der Waals surface area contributed by atoms with Crippen molar-refractivity contribution >= 4 is 11.2 Å². The fourth-order valence-corrected chi connectivity index (χ4v) is 4.21. The van der Waals surface area contributed by atoms with Crippen molar-refractivity contribution in [3.63, 3.8) is 0 Å². The SMILES string of the molecule is COc1ccc(-c2nc([S+]([O-])c3cccc(OC)c3)[nH]c2-c2ccc(OC)cc2)cc1. The zero-order chi connectivity index (χ0) is 21.8. The Morgan fingerprint density at radius 3 is 1.90 bits per heavy atom. The van der Waals surface area contributed by atoms with Crippen LogP contribution in [-0.2, 0) is 11.2 Å². The van der Waals surface area contributed by atoms with Gasteiger partial charge in [0, 0.05) is 17.2 Å². The Labute approximate surface area is 184 Å². The Morgan fingerprint density at radius 2 is 1.32 bits per heavy atom. The van der Waals surface area contributed by atoms with Gasteiger partial charge in [-0.25, -0.2) is 0 Å². The number of hydrogen-bond acceptors (Lipinski definition) is 5. The summed E-state index contributed by atoms with van der Waals surface area (Å²) in [7, 11) is 4.84. The Balaban J connectivity index is 1.80. The first-order chi connectivity index (χ1) is 15.1. The van der Waals surface area contributed by atoms with Crippen molar-refractivity contribution < 1.29 is 18.8 Å². The normalized spacial score (nSPS) is 11.7. The molecule has 4 aromatic rings. The molecule has 0 fully saturated rings. The molecule has 0 saturated carbocycles. The van der Waals surface area contributed by atoms with Crippen LogP contribution < -0.4 is 14.2 Å². The van der Waals surface area contributed by atoms with Crippen LogP contribution in [0.1, 0.15) is 0 Å². The number of hydrogen-bond donors (Lipinski definition) is 1. The minimum atomic E-state index is -1.50. The first kappa shape index (κ1) is 20.8. The summed E-state index contributed by atoms with van der Waals surface area (Å²) in [4.78, 5) is 8.60. The van der Waals surface area contributed by atoms with Gasteiger partial charge in [-0.15, -0.1) is 0 Å². The molecular weight excluding hydrogens is 412 g/mol. The fourth-order valence-electron chi connectivity index (χ4n) is 3.19. The molecule has 0 amide bonds. The van der Waals surface area contributed by atoms with Crippen molar-refractivity contribution in [1.82, 2.24) is 9.97 Å². The predicted molar refractivity (Wildman–Crippen MR) is 120 cm³/mol. The van der Waals surface area contributed by atoms with E-state index in [-0.39, 0.29) is 0 Å². The molecule has 7 heteroatoms. The maximum Gasteiger partial charge on any atom is 0.327 e. The maximum atomic E-state index is 13.3. The molecule has 0 bridgehead atoms. The summed E-state index contributed by atoms with van der Waals surface area (Å²) in [5.74, 6) is 2.16. The molecule has 0 radical (unpaired) electrons. The highest BCUT2D eigenvalue weighted by molar-refractivity contribution is 7.91. The molecule has 1 N–H and O–H groups in total. The van der Waals surface area contributed by atoms with Crippen LogP contribution in [0.15, 0.2) is 82.8 Å². The van der Waals surface area contributed by atoms with Crippen LogP contribution in [0.4, 0.5) is 0 Å². The highest BCUT2D eigenvalue weighted by Gasteiger charge is 2.24. The van der Waals surface area contributed by atoms with E-state index < -0.39 is 11.2 Å². The van der Waals surface area contributed by atoms with Gasteiger partial charge in [0.15, 0.2) is 4.90 Å². The monoisotopic (exact) mass is 434 g/mol. The minimum absolute atomic E-state index is 0.366. The van der Waals surface area contributed by atoms with E-state index in [1.54, 1.807) is 33.5 Å². The van der Waals surface area contributed by atoms with E-state index in [2.05, 4.69) is 4.98 Å². The van der Waals surface area contributed by atoms with Crippen molar-refractivity contribution in [2.75, 3.05) is 21.3 Å². The van der Waals surface area contributed by atoms with E-state index in [1.807, 2.05) is 60.7 Å². The largest absolute Gasteiger partial charge is 0.604 e. The second-order valence-electron chi connectivity index (χ2n) is 6.67. The van der Waals surface area contributed by atoms with Crippen LogP contribution in [0.25, 0.3) is 22.5 Å². The van der Waals surface area contributed by atoms with Crippen LogP contribution in [0.3, 0.4) is 0 Å². The van der Waals surface area contributed by atoms with Crippen LogP contribution in [0.2, 0.25) is 0 Å². The molecule has 3 aromatic carbocycles. The van der Waals surface area contributed by atoms with Crippen molar-refractivity contribution in [1.29, 1.82) is 0 Å². The Morgan fingerprint density at radius 1 is 0.742 bits per heavy atom. The summed E-state index contributed by atoms with van der Waals surface area (Å²) >= 11 is -1.50. The van der Waals surface area contributed by atoms with E-state index in [9.17, 15) is 4.55 Å². The number of imidazole rings is 1. The van der Waals surface area contributed by atoms with E-state index in [0.717, 1.165) is 28.3 Å². The third-order valence-corrected chi connectivity index (χ3v) is 6.08. The summed E-state index contributed by atoms with van der Waals surface area (Å²) in [6.07, 6.45) is 0. The predicted octanol–water partition coefficient (Wildman–Crippen LogP) is 4.94. The van der Waals surface area contributed by atoms with E-state index in [0.29, 0.717) is 21.5 Å². The minimum Gasteiger partial charge on any atom is -0.604 e. The maximum absolute atomic E-state index is 13.3. The van der Waals surface area contributed by atoms with Crippen molar-refractivity contribution in [3.8, 4) is 39.8 Å². The number of nitrogens with one attached hydrogen (secondary N) is 1. The van der Waals surface area contributed by atoms with Crippen LogP contribution >= 0.6 is 0 Å². The molecule has 0 aliphatic rings. The van der Waals surface area contributed by atoms with Gasteiger partial charge in [-0.05, 0) is 60.7 Å². The topological polar surface area (TPSA) is 79.4 Å². The van der Waals surface area contributed by atoms with Gasteiger partial charge in [0.25, 0.3) is 0 Å². The first-order valence-electron chi connectivity index (χ1n) is 9.57. The molecule has 1 atom stereocenters. The van der Waals surface area contributed by atoms with Crippen LogP contribution in [0.5, 0.6) is 17.2 Å². The Bertz CT molecular complexity index is 1090. The standard InChI is InChI=1S/C24H22N2O4S/c1-28-18-11-7-16(8-12-18)22-23(17-9-13-19(29-2)14-10-17)26-24(25-22)31(27)21-6-4-5-20(15-21)30-3/h4-15H,1-3H3,(H,25,26). The lowest BCUT2D eigenvalue weighted by atomic mass is 10.0. The molecule has 1 aromatic heterocycles. The summed E-state index contributed by atoms with van der Waals surface area (Å²) in [5.41, 5.74) is 3.28. The molecule has 0 aliphatic heterocycles. The summed E-state index contributed by atoms with van der Waals surface area (Å²) < 4.78 is 29.1. The van der Waals surface area contributed by atoms with Gasteiger partial charge in [0.2, 0.25) is 0 Å². The van der Waals surface area contributed by atoms with Gasteiger partial charge in [-0.1, -0.05) is 6.07 Å². The Hall–Kier alpha value is -3.42. The van der Waals surface area contributed by atoms with Gasteiger partial charge < -0.3 is 18.8 Å². The average molecular weight is 435 g/mol. The van der Waals surface area contributed by atoms with E-state index >= 15 is 0 Å². The summed E-state index contributed by atoms with van der Waals surface area (Å²) in [6, 6.07) is 22.4. The molecule has 0 saturated heterocycles. The van der Waals surface area contributed by atoms with E-state index in [1.165, 1.54) is 0 Å². The van der Waals surface area contributed by atoms with Crippen molar-refractivity contribution in [2.45, 2.75) is 10.1 Å². The van der Waals surface area contributed by atoms with Gasteiger partial charge >= 0.3 is 5.16 Å². The number of methoxy groups -OCH3 is 3. The number of rotatable bonds is 7. The second-order valence-corrected chi connectivity index (χ2v) is 8.07. The molecular formula is C24H22N2O4S. The third-order valence-electron chi connectivity index (χ3n) is 4.86. The number of ether oxygens (including phenoxy) is 3. The van der Waals surface area contributed by atoms with Crippen molar-refractivity contribution in [2.24, 2.45) is 0 Å². The molecule has 31 heavy (non-hydrogen) atoms. The van der Waals surface area contributed by atoms with Gasteiger partial charge in [0.05, 0.1) is 38.2 Å². The van der Waals surface area contributed by atoms with Crippen molar-refractivity contribution in [3.05, 3.63) is 72.8 Å². The number of aromatic amines is 1. The van der Waals surface area contributed by atoms with Crippen LogP contribution in [-0.4, -0.2) is 35.9 Å². The highest BCUT2D eigenvalue weighted by atomic mass is 32.2. The Kier molecular flexibility index (Phi) is 6.16. The number of aromatic nitrogens is 2. The first-order valence-corrected chi connectivity index (χ1v) is 10.7. The number of nitrogens with zero attached hydrogens (tertiary/aromatic N) is 1. The van der Waals surface area contributed by atoms with Gasteiger partial charge in [0.1, 0.15) is 22.9 Å². The zero-order valence-corrected chi connectivity index (χ0v) is 18.2. The van der Waals surface area contributed by atoms with Gasteiger partial charge in [-0.2, -0.15) is 4.98 Å². The molecule has 1 heterocycles. The molecule has 158 valence electrons. The third kappa shape index (κ3) is 4.38.